The molecule has 4 heterocycles. The molecule has 0 radical (unpaired) electrons. The van der Waals surface area contributed by atoms with Gasteiger partial charge in [0.15, 0.2) is 5.65 Å². The van der Waals surface area contributed by atoms with E-state index in [9.17, 15) is 9.59 Å². The minimum atomic E-state index is -0.373. The Hall–Kier alpha value is -3.05. The zero-order valence-electron chi connectivity index (χ0n) is 17.2. The van der Waals surface area contributed by atoms with Crippen LogP contribution in [-0.4, -0.2) is 89.8 Å². The lowest BCUT2D eigenvalue weighted by molar-refractivity contribution is -0.124. The maximum Gasteiger partial charge on any atom is 0.254 e. The lowest BCUT2D eigenvalue weighted by atomic mass is 10.1. The van der Waals surface area contributed by atoms with Gasteiger partial charge in [0, 0.05) is 44.4 Å². The molecule has 2 aromatic heterocycles. The Bertz CT molecular complexity index is 986. The molecule has 2 aliphatic heterocycles. The highest BCUT2D eigenvalue weighted by Crippen LogP contribution is 2.22. The second-order valence-electron chi connectivity index (χ2n) is 7.47. The van der Waals surface area contributed by atoms with Gasteiger partial charge in [0.25, 0.3) is 5.91 Å². The van der Waals surface area contributed by atoms with Gasteiger partial charge in [-0.15, -0.1) is 0 Å². The highest BCUT2D eigenvalue weighted by molar-refractivity contribution is 6.15. The number of aromatic nitrogens is 4. The van der Waals surface area contributed by atoms with Crippen molar-refractivity contribution in [3.63, 3.8) is 0 Å². The van der Waals surface area contributed by atoms with Gasteiger partial charge >= 0.3 is 0 Å². The monoisotopic (exact) mass is 414 g/mol. The van der Waals surface area contributed by atoms with E-state index >= 15 is 0 Å². The number of fused-ring (bicyclic) bond motifs is 1. The van der Waals surface area contributed by atoms with Crippen LogP contribution in [0.3, 0.4) is 0 Å². The van der Waals surface area contributed by atoms with Gasteiger partial charge in [-0.2, -0.15) is 19.6 Å². The van der Waals surface area contributed by atoms with Crippen LogP contribution in [0.15, 0.2) is 11.8 Å². The number of imide groups is 1. The maximum atomic E-state index is 12.0. The molecule has 0 saturated carbocycles. The smallest absolute Gasteiger partial charge is 0.254 e. The molecule has 0 spiro atoms. The van der Waals surface area contributed by atoms with Crippen LogP contribution in [0.5, 0.6) is 0 Å². The summed E-state index contributed by atoms with van der Waals surface area (Å²) in [6.07, 6.45) is 4.39. The topological polar surface area (TPSA) is 117 Å². The number of hydrogen-bond donors (Lipinski definition) is 2. The van der Waals surface area contributed by atoms with Gasteiger partial charge in [-0.1, -0.05) is 0 Å². The molecule has 2 saturated heterocycles. The van der Waals surface area contributed by atoms with Crippen molar-refractivity contribution in [1.29, 1.82) is 0 Å². The zero-order chi connectivity index (χ0) is 21.1. The molecule has 0 aliphatic carbocycles. The summed E-state index contributed by atoms with van der Waals surface area (Å²) in [7, 11) is 3.75. The van der Waals surface area contributed by atoms with Crippen molar-refractivity contribution in [1.82, 2.24) is 29.8 Å². The van der Waals surface area contributed by atoms with Crippen LogP contribution in [0.1, 0.15) is 18.4 Å². The van der Waals surface area contributed by atoms with Gasteiger partial charge in [0.05, 0.1) is 19.2 Å². The Balaban J connectivity index is 1.73. The SMILES string of the molecule is COCCNc1nc(N2CCCN(C)CC2)nc2c(/C=C3\CC(=O)NC3=O)cnn12. The van der Waals surface area contributed by atoms with Crippen molar-refractivity contribution >= 4 is 35.4 Å². The van der Waals surface area contributed by atoms with Gasteiger partial charge in [-0.25, -0.2) is 0 Å². The van der Waals surface area contributed by atoms with Gasteiger partial charge in [0.2, 0.25) is 17.8 Å². The molecular weight excluding hydrogens is 388 g/mol. The summed E-state index contributed by atoms with van der Waals surface area (Å²) in [6.45, 7) is 4.74. The second-order valence-corrected chi connectivity index (χ2v) is 7.47. The summed E-state index contributed by atoms with van der Waals surface area (Å²) in [6, 6.07) is 0. The van der Waals surface area contributed by atoms with Crippen LogP contribution < -0.4 is 15.5 Å². The second kappa shape index (κ2) is 8.76. The molecular formula is C19H26N8O3. The first-order chi connectivity index (χ1) is 14.5. The van der Waals surface area contributed by atoms with Crippen molar-refractivity contribution < 1.29 is 14.3 Å². The van der Waals surface area contributed by atoms with Gasteiger partial charge < -0.3 is 19.9 Å². The van der Waals surface area contributed by atoms with Crippen LogP contribution in [0, 0.1) is 0 Å². The fourth-order valence-corrected chi connectivity index (χ4v) is 3.56. The van der Waals surface area contributed by atoms with Crippen LogP contribution in [0.4, 0.5) is 11.9 Å². The Kier molecular flexibility index (Phi) is 5.91. The third-order valence-electron chi connectivity index (χ3n) is 5.20. The summed E-state index contributed by atoms with van der Waals surface area (Å²) in [5.74, 6) is 0.502. The van der Waals surface area contributed by atoms with E-state index in [1.807, 2.05) is 0 Å². The molecule has 2 amide bonds. The zero-order valence-corrected chi connectivity index (χ0v) is 17.2. The number of carbonyl (C=O) groups excluding carboxylic acids is 2. The molecule has 160 valence electrons. The van der Waals surface area contributed by atoms with Crippen LogP contribution in [-0.2, 0) is 14.3 Å². The van der Waals surface area contributed by atoms with E-state index in [1.54, 1.807) is 23.9 Å². The van der Waals surface area contributed by atoms with Crippen molar-refractivity contribution in [2.24, 2.45) is 0 Å². The first kappa shape index (κ1) is 20.2. The van der Waals surface area contributed by atoms with E-state index in [2.05, 4.69) is 32.6 Å². The molecule has 11 nitrogen and oxygen atoms in total. The predicted molar refractivity (Wildman–Crippen MR) is 111 cm³/mol. The lowest BCUT2D eigenvalue weighted by Gasteiger charge is -2.21. The molecule has 2 aromatic rings. The summed E-state index contributed by atoms with van der Waals surface area (Å²) in [5.41, 5.74) is 1.65. The standard InChI is InChI=1S/C19H26N8O3/c1-25-5-3-6-26(8-7-25)19-23-16-14(10-13-11-15(28)22-17(13)29)12-21-27(16)18(24-19)20-4-9-30-2/h10,12H,3-9,11H2,1-2H3,(H,20,23,24)(H,22,28,29)/b13-10+. The number of methoxy groups -OCH3 is 1. The molecule has 4 rings (SSSR count). The highest BCUT2D eigenvalue weighted by atomic mass is 16.5. The number of hydrogen-bond acceptors (Lipinski definition) is 9. The van der Waals surface area contributed by atoms with Gasteiger partial charge in [-0.3, -0.25) is 14.9 Å². The van der Waals surface area contributed by atoms with Crippen molar-refractivity contribution in [2.75, 3.05) is 63.7 Å². The van der Waals surface area contributed by atoms with E-state index in [4.69, 9.17) is 14.7 Å². The average molecular weight is 414 g/mol. The van der Waals surface area contributed by atoms with Crippen LogP contribution in [0.2, 0.25) is 0 Å². The molecule has 11 heteroatoms. The van der Waals surface area contributed by atoms with Crippen LogP contribution in [0.25, 0.3) is 11.7 Å². The Morgan fingerprint density at radius 2 is 2.10 bits per heavy atom. The fraction of sp³-hybridized carbons (Fsp3) is 0.526. The molecule has 2 aliphatic rings. The average Bonchev–Trinajstić information content (AvgIpc) is 3.18. The number of likely N-dealkylation sites (N-methyl/N-ethyl adjacent to an activating group) is 1. The number of carbonyl (C=O) groups is 2. The Morgan fingerprint density at radius 3 is 2.87 bits per heavy atom. The maximum absolute atomic E-state index is 12.0. The number of anilines is 2. The lowest BCUT2D eigenvalue weighted by Crippen LogP contribution is -2.30. The normalized spacial score (nSPS) is 19.5. The summed E-state index contributed by atoms with van der Waals surface area (Å²) < 4.78 is 6.74. The molecule has 0 unspecified atom stereocenters. The first-order valence-electron chi connectivity index (χ1n) is 10.0. The Morgan fingerprint density at radius 1 is 1.23 bits per heavy atom. The summed E-state index contributed by atoms with van der Waals surface area (Å²) >= 11 is 0. The number of nitrogens with zero attached hydrogens (tertiary/aromatic N) is 6. The van der Waals surface area contributed by atoms with E-state index in [0.717, 1.165) is 32.6 Å². The van der Waals surface area contributed by atoms with Gasteiger partial charge in [-0.05, 0) is 26.1 Å². The molecule has 2 N–H and O–H groups in total. The van der Waals surface area contributed by atoms with Crippen molar-refractivity contribution in [3.05, 3.63) is 17.3 Å². The Labute approximate surface area is 174 Å². The molecule has 0 bridgehead atoms. The predicted octanol–water partition coefficient (Wildman–Crippen LogP) is -0.246. The molecule has 30 heavy (non-hydrogen) atoms. The number of ether oxygens (including phenoxy) is 1. The highest BCUT2D eigenvalue weighted by Gasteiger charge is 2.25. The number of rotatable bonds is 6. The van der Waals surface area contributed by atoms with E-state index in [-0.39, 0.29) is 18.2 Å². The molecule has 0 aromatic carbocycles. The van der Waals surface area contributed by atoms with Gasteiger partial charge in [0.1, 0.15) is 0 Å². The van der Waals surface area contributed by atoms with E-state index in [0.29, 0.717) is 41.8 Å². The fourth-order valence-electron chi connectivity index (χ4n) is 3.56. The largest absolute Gasteiger partial charge is 0.383 e. The van der Waals surface area contributed by atoms with Crippen LogP contribution >= 0.6 is 0 Å². The first-order valence-corrected chi connectivity index (χ1v) is 10.0. The number of nitrogens with one attached hydrogen (secondary N) is 2. The van der Waals surface area contributed by atoms with E-state index < -0.39 is 0 Å². The quantitative estimate of drug-likeness (QED) is 0.375. The third kappa shape index (κ3) is 4.26. The molecule has 2 fully saturated rings. The number of amides is 2. The summed E-state index contributed by atoms with van der Waals surface area (Å²) in [5, 5.41) is 9.95. The summed E-state index contributed by atoms with van der Waals surface area (Å²) in [4.78, 5) is 37.4. The molecule has 0 atom stereocenters. The third-order valence-corrected chi connectivity index (χ3v) is 5.20. The van der Waals surface area contributed by atoms with Crippen molar-refractivity contribution in [2.45, 2.75) is 12.8 Å². The minimum Gasteiger partial charge on any atom is -0.383 e. The minimum absolute atomic E-state index is 0.0610. The van der Waals surface area contributed by atoms with Crippen molar-refractivity contribution in [3.8, 4) is 0 Å². The van der Waals surface area contributed by atoms with E-state index in [1.165, 1.54) is 0 Å².